The summed E-state index contributed by atoms with van der Waals surface area (Å²) in [6.07, 6.45) is 1.64. The van der Waals surface area contributed by atoms with Crippen molar-refractivity contribution < 1.29 is 19.1 Å². The van der Waals surface area contributed by atoms with Crippen molar-refractivity contribution in [3.05, 3.63) is 35.8 Å². The largest absolute Gasteiger partial charge is 0.480 e. The molecule has 1 aliphatic rings. The Bertz CT molecular complexity index is 721. The number of fused-ring (bicyclic) bond motifs is 1. The third-order valence-electron chi connectivity index (χ3n) is 3.76. The number of nitrogens with zero attached hydrogens (tertiary/aromatic N) is 1. The van der Waals surface area contributed by atoms with Crippen molar-refractivity contribution in [2.75, 3.05) is 0 Å². The van der Waals surface area contributed by atoms with E-state index in [9.17, 15) is 14.0 Å². The molecule has 0 aliphatic heterocycles. The van der Waals surface area contributed by atoms with Crippen LogP contribution in [-0.2, 0) is 4.79 Å². The van der Waals surface area contributed by atoms with Gasteiger partial charge in [0.05, 0.1) is 0 Å². The Kier molecular flexibility index (Phi) is 3.16. The van der Waals surface area contributed by atoms with E-state index in [1.807, 2.05) is 0 Å². The number of aliphatic carboxylic acids is 1. The summed E-state index contributed by atoms with van der Waals surface area (Å²) in [6.45, 7) is 1.50. The van der Waals surface area contributed by atoms with Crippen molar-refractivity contribution in [3.63, 3.8) is 0 Å². The van der Waals surface area contributed by atoms with E-state index in [0.717, 1.165) is 12.8 Å². The lowest BCUT2D eigenvalue weighted by atomic mass is 10.2. The topological polar surface area (TPSA) is 73.4 Å². The van der Waals surface area contributed by atoms with Crippen LogP contribution < -0.4 is 0 Å². The van der Waals surface area contributed by atoms with E-state index in [2.05, 4.69) is 4.98 Å². The number of halogens is 1. The maximum Gasteiger partial charge on any atom is 0.326 e. The highest BCUT2D eigenvalue weighted by atomic mass is 19.1. The highest BCUT2D eigenvalue weighted by Gasteiger charge is 2.39. The number of carbonyl (C=O) groups excluding carboxylic acids is 1. The van der Waals surface area contributed by atoms with Gasteiger partial charge in [-0.3, -0.25) is 4.79 Å². The second-order valence-electron chi connectivity index (χ2n) is 5.37. The molecule has 2 aromatic rings. The number of hydrogen-bond donors (Lipinski definition) is 2. The van der Waals surface area contributed by atoms with Crippen LogP contribution in [0.5, 0.6) is 0 Å². The minimum Gasteiger partial charge on any atom is -0.480 e. The van der Waals surface area contributed by atoms with Gasteiger partial charge in [0.1, 0.15) is 17.6 Å². The lowest BCUT2D eigenvalue weighted by Gasteiger charge is -2.25. The number of benzene rings is 1. The fraction of sp³-hybridized carbons (Fsp3) is 0.333. The molecule has 1 unspecified atom stereocenters. The second-order valence-corrected chi connectivity index (χ2v) is 5.37. The standard InChI is InChI=1S/C15H15FN2O3/c1-8(15(20)21)18(11-3-4-11)14(19)13-7-9-6-10(16)2-5-12(9)17-13/h2,5-8,11,17H,3-4H2,1H3,(H,20,21). The van der Waals surface area contributed by atoms with E-state index in [4.69, 9.17) is 5.11 Å². The van der Waals surface area contributed by atoms with Gasteiger partial charge >= 0.3 is 5.97 Å². The van der Waals surface area contributed by atoms with E-state index in [-0.39, 0.29) is 23.5 Å². The first-order chi connectivity index (χ1) is 9.97. The van der Waals surface area contributed by atoms with Gasteiger partial charge in [0.15, 0.2) is 0 Å². The number of hydrogen-bond acceptors (Lipinski definition) is 2. The second kappa shape index (κ2) is 4.87. The molecule has 5 nitrogen and oxygen atoms in total. The SMILES string of the molecule is CC(C(=O)O)N(C(=O)c1cc2cc(F)ccc2[nH]1)C1CC1. The molecule has 1 heterocycles. The van der Waals surface area contributed by atoms with Crippen LogP contribution in [0, 0.1) is 5.82 Å². The van der Waals surface area contributed by atoms with Crippen LogP contribution in [0.15, 0.2) is 24.3 Å². The minimum atomic E-state index is -1.03. The molecule has 6 heteroatoms. The van der Waals surface area contributed by atoms with Crippen LogP contribution in [0.25, 0.3) is 10.9 Å². The molecule has 110 valence electrons. The van der Waals surface area contributed by atoms with Gasteiger partial charge in [-0.05, 0) is 44.0 Å². The summed E-state index contributed by atoms with van der Waals surface area (Å²) >= 11 is 0. The molecule has 0 spiro atoms. The molecule has 0 radical (unpaired) electrons. The minimum absolute atomic E-state index is 0.0215. The Morgan fingerprint density at radius 1 is 1.38 bits per heavy atom. The highest BCUT2D eigenvalue weighted by Crippen LogP contribution is 2.30. The van der Waals surface area contributed by atoms with Crippen molar-refractivity contribution in [3.8, 4) is 0 Å². The number of rotatable bonds is 4. The molecule has 1 fully saturated rings. The number of aromatic nitrogens is 1. The Labute approximate surface area is 120 Å². The first-order valence-electron chi connectivity index (χ1n) is 6.81. The summed E-state index contributed by atoms with van der Waals surface area (Å²) in [5, 5.41) is 9.74. The average molecular weight is 290 g/mol. The van der Waals surface area contributed by atoms with Gasteiger partial charge in [-0.2, -0.15) is 0 Å². The van der Waals surface area contributed by atoms with Crippen molar-refractivity contribution in [1.82, 2.24) is 9.88 Å². The number of amides is 1. The van der Waals surface area contributed by atoms with Crippen LogP contribution >= 0.6 is 0 Å². The molecule has 1 aliphatic carbocycles. The van der Waals surface area contributed by atoms with Gasteiger partial charge < -0.3 is 15.0 Å². The normalized spacial score (nSPS) is 15.9. The molecule has 3 rings (SSSR count). The Balaban J connectivity index is 1.95. The lowest BCUT2D eigenvalue weighted by Crippen LogP contribution is -2.44. The van der Waals surface area contributed by atoms with E-state index >= 15 is 0 Å². The average Bonchev–Trinajstić information content (AvgIpc) is 3.17. The van der Waals surface area contributed by atoms with E-state index < -0.39 is 12.0 Å². The zero-order chi connectivity index (χ0) is 15.1. The number of carboxylic acids is 1. The van der Waals surface area contributed by atoms with Gasteiger partial charge in [-0.15, -0.1) is 0 Å². The first kappa shape index (κ1) is 13.6. The van der Waals surface area contributed by atoms with Gasteiger partial charge in [0.2, 0.25) is 0 Å². The molecule has 0 bridgehead atoms. The molecule has 0 saturated heterocycles. The lowest BCUT2D eigenvalue weighted by molar-refractivity contribution is -0.141. The number of carboxylic acid groups (broad SMARTS) is 1. The van der Waals surface area contributed by atoms with Crippen LogP contribution in [0.3, 0.4) is 0 Å². The maximum absolute atomic E-state index is 13.2. The van der Waals surface area contributed by atoms with Gasteiger partial charge in [0.25, 0.3) is 5.91 Å². The predicted octanol–water partition coefficient (Wildman–Crippen LogP) is 2.38. The molecule has 1 aromatic heterocycles. The smallest absolute Gasteiger partial charge is 0.326 e. The summed E-state index contributed by atoms with van der Waals surface area (Å²) in [6, 6.07) is 4.87. The van der Waals surface area contributed by atoms with Crippen molar-refractivity contribution in [2.45, 2.75) is 31.8 Å². The molecule has 1 amide bonds. The molecule has 21 heavy (non-hydrogen) atoms. The highest BCUT2D eigenvalue weighted by molar-refractivity contribution is 5.99. The fourth-order valence-corrected chi connectivity index (χ4v) is 2.49. The third-order valence-corrected chi connectivity index (χ3v) is 3.76. The number of nitrogens with one attached hydrogen (secondary N) is 1. The quantitative estimate of drug-likeness (QED) is 0.908. The summed E-state index contributed by atoms with van der Waals surface area (Å²) < 4.78 is 13.2. The van der Waals surface area contributed by atoms with E-state index in [0.29, 0.717) is 10.9 Å². The van der Waals surface area contributed by atoms with Crippen molar-refractivity contribution in [1.29, 1.82) is 0 Å². The van der Waals surface area contributed by atoms with Gasteiger partial charge in [0, 0.05) is 16.9 Å². The third kappa shape index (κ3) is 2.49. The summed E-state index contributed by atoms with van der Waals surface area (Å²) in [4.78, 5) is 28.1. The Morgan fingerprint density at radius 3 is 2.71 bits per heavy atom. The molecule has 1 saturated carbocycles. The van der Waals surface area contributed by atoms with Gasteiger partial charge in [-0.1, -0.05) is 0 Å². The zero-order valence-corrected chi connectivity index (χ0v) is 11.5. The monoisotopic (exact) mass is 290 g/mol. The first-order valence-corrected chi connectivity index (χ1v) is 6.81. The van der Waals surface area contributed by atoms with Crippen molar-refractivity contribution >= 4 is 22.8 Å². The van der Waals surface area contributed by atoms with Crippen LogP contribution in [0.1, 0.15) is 30.3 Å². The Morgan fingerprint density at radius 2 is 2.10 bits per heavy atom. The van der Waals surface area contributed by atoms with Gasteiger partial charge in [-0.25, -0.2) is 9.18 Å². The Hall–Kier alpha value is -2.37. The van der Waals surface area contributed by atoms with Crippen LogP contribution in [0.2, 0.25) is 0 Å². The molecule has 1 aromatic carbocycles. The predicted molar refractivity (Wildman–Crippen MR) is 74.5 cm³/mol. The van der Waals surface area contributed by atoms with Crippen LogP contribution in [0.4, 0.5) is 4.39 Å². The summed E-state index contributed by atoms with van der Waals surface area (Å²) in [5.41, 5.74) is 0.939. The number of carbonyl (C=O) groups is 2. The molecular weight excluding hydrogens is 275 g/mol. The number of aromatic amines is 1. The molecular formula is C15H15FN2O3. The number of H-pyrrole nitrogens is 1. The molecule has 1 atom stereocenters. The maximum atomic E-state index is 13.2. The van der Waals surface area contributed by atoms with E-state index in [1.54, 1.807) is 12.1 Å². The molecule has 2 N–H and O–H groups in total. The summed E-state index contributed by atoms with van der Waals surface area (Å²) in [5.74, 6) is -1.76. The fourth-order valence-electron chi connectivity index (χ4n) is 2.49. The van der Waals surface area contributed by atoms with E-state index in [1.165, 1.54) is 24.0 Å². The van der Waals surface area contributed by atoms with Crippen LogP contribution in [-0.4, -0.2) is 39.0 Å². The van der Waals surface area contributed by atoms with Crippen molar-refractivity contribution in [2.24, 2.45) is 0 Å². The zero-order valence-electron chi connectivity index (χ0n) is 11.5. The summed E-state index contributed by atoms with van der Waals surface area (Å²) in [7, 11) is 0.